The number of alkyl halides is 1. The van der Waals surface area contributed by atoms with Crippen molar-refractivity contribution in [3.05, 3.63) is 18.0 Å². The van der Waals surface area contributed by atoms with Crippen molar-refractivity contribution in [2.75, 3.05) is 19.1 Å². The van der Waals surface area contributed by atoms with Crippen LogP contribution < -0.4 is 4.74 Å². The number of hydrogen-bond acceptors (Lipinski definition) is 5. The van der Waals surface area contributed by atoms with E-state index in [1.54, 1.807) is 23.6 Å². The summed E-state index contributed by atoms with van der Waals surface area (Å²) in [6.07, 6.45) is 1.20. The topological polar surface area (TPSA) is 74.1 Å². The first-order valence-corrected chi connectivity index (χ1v) is 8.54. The molecule has 1 atom stereocenters. The first-order chi connectivity index (χ1) is 9.31. The van der Waals surface area contributed by atoms with E-state index in [0.29, 0.717) is 22.9 Å². The van der Waals surface area contributed by atoms with Crippen molar-refractivity contribution in [3.63, 3.8) is 0 Å². The van der Waals surface area contributed by atoms with Gasteiger partial charge in [0.25, 0.3) is 0 Å². The van der Waals surface area contributed by atoms with Crippen LogP contribution in [0.3, 0.4) is 0 Å². The molecule has 2 aromatic rings. The van der Waals surface area contributed by atoms with Gasteiger partial charge in [-0.2, -0.15) is 4.98 Å². The van der Waals surface area contributed by atoms with Crippen LogP contribution in [-0.2, 0) is 16.4 Å². The minimum absolute atomic E-state index is 0.00790. The molecule has 0 aliphatic heterocycles. The Morgan fingerprint density at radius 3 is 2.65 bits per heavy atom. The summed E-state index contributed by atoms with van der Waals surface area (Å²) in [7, 11) is -1.55. The third-order valence-corrected chi connectivity index (χ3v) is 3.97. The molecule has 1 unspecified atom stereocenters. The second-order valence-corrected chi connectivity index (χ2v) is 7.48. The van der Waals surface area contributed by atoms with Crippen LogP contribution in [0.25, 0.3) is 11.2 Å². The van der Waals surface area contributed by atoms with E-state index < -0.39 is 9.84 Å². The van der Waals surface area contributed by atoms with Gasteiger partial charge in [-0.3, -0.25) is 0 Å². The number of pyridine rings is 1. The van der Waals surface area contributed by atoms with Crippen LogP contribution in [0.1, 0.15) is 18.1 Å². The smallest absolute Gasteiger partial charge is 0.215 e. The van der Waals surface area contributed by atoms with Crippen molar-refractivity contribution in [3.8, 4) is 5.88 Å². The van der Waals surface area contributed by atoms with Gasteiger partial charge < -0.3 is 9.30 Å². The summed E-state index contributed by atoms with van der Waals surface area (Å²) < 4.78 is 29.5. The highest BCUT2D eigenvalue weighted by atomic mass is 35.5. The average Bonchev–Trinajstić information content (AvgIpc) is 2.73. The van der Waals surface area contributed by atoms with Gasteiger partial charge in [0, 0.05) is 18.9 Å². The molecule has 0 bridgehead atoms. The van der Waals surface area contributed by atoms with Crippen LogP contribution in [0, 0.1) is 0 Å². The molecule has 2 aromatic heterocycles. The summed E-state index contributed by atoms with van der Waals surface area (Å²) >= 11 is 6.11. The Kier molecular flexibility index (Phi) is 4.19. The van der Waals surface area contributed by atoms with Gasteiger partial charge in [-0.25, -0.2) is 13.4 Å². The van der Waals surface area contributed by atoms with E-state index in [1.807, 2.05) is 0 Å². The van der Waals surface area contributed by atoms with E-state index in [0.717, 1.165) is 0 Å². The van der Waals surface area contributed by atoms with Crippen LogP contribution in [0.4, 0.5) is 0 Å². The number of imidazole rings is 1. The van der Waals surface area contributed by atoms with Crippen molar-refractivity contribution in [1.82, 2.24) is 14.5 Å². The lowest BCUT2D eigenvalue weighted by atomic mass is 10.4. The van der Waals surface area contributed by atoms with E-state index >= 15 is 0 Å². The van der Waals surface area contributed by atoms with Gasteiger partial charge in [0.05, 0.1) is 18.2 Å². The first kappa shape index (κ1) is 15.1. The van der Waals surface area contributed by atoms with Crippen LogP contribution >= 0.6 is 11.6 Å². The quantitative estimate of drug-likeness (QED) is 0.786. The fourth-order valence-electron chi connectivity index (χ4n) is 1.90. The van der Waals surface area contributed by atoms with Gasteiger partial charge in [0.15, 0.2) is 5.65 Å². The Morgan fingerprint density at radius 2 is 2.10 bits per heavy atom. The lowest BCUT2D eigenvalue weighted by molar-refractivity contribution is 0.399. The average molecular weight is 318 g/mol. The van der Waals surface area contributed by atoms with Gasteiger partial charge in [0.1, 0.15) is 21.2 Å². The van der Waals surface area contributed by atoms with Gasteiger partial charge in [-0.1, -0.05) is 0 Å². The third-order valence-electron chi connectivity index (χ3n) is 2.85. The Labute approximate surface area is 122 Å². The van der Waals surface area contributed by atoms with Gasteiger partial charge in [-0.05, 0) is 13.0 Å². The molecule has 0 radical (unpaired) electrons. The largest absolute Gasteiger partial charge is 0.481 e. The highest BCUT2D eigenvalue weighted by Crippen LogP contribution is 2.25. The summed E-state index contributed by atoms with van der Waals surface area (Å²) in [6, 6.07) is 3.49. The molecule has 20 heavy (non-hydrogen) atoms. The molecule has 0 aromatic carbocycles. The summed E-state index contributed by atoms with van der Waals surface area (Å²) in [5, 5.41) is -0.338. The second kappa shape index (κ2) is 5.57. The zero-order valence-corrected chi connectivity index (χ0v) is 13.1. The van der Waals surface area contributed by atoms with Crippen molar-refractivity contribution in [1.29, 1.82) is 0 Å². The molecule has 6 nitrogen and oxygen atoms in total. The standard InChI is InChI=1S/C12H16ClN3O3S/c1-8(13)11-14-9-4-5-10(19-2)15-12(9)16(11)6-7-20(3,17)18/h4-5,8H,6-7H2,1-3H3. The fraction of sp³-hybridized carbons (Fsp3) is 0.500. The Morgan fingerprint density at radius 1 is 1.40 bits per heavy atom. The predicted octanol–water partition coefficient (Wildman–Crippen LogP) is 1.78. The molecule has 0 saturated carbocycles. The number of aryl methyl sites for hydroxylation is 1. The molecule has 0 amide bonds. The minimum atomic E-state index is -3.08. The lowest BCUT2D eigenvalue weighted by Crippen LogP contribution is -2.14. The van der Waals surface area contributed by atoms with Gasteiger partial charge in [-0.15, -0.1) is 11.6 Å². The van der Waals surface area contributed by atoms with Crippen molar-refractivity contribution in [2.45, 2.75) is 18.8 Å². The summed E-state index contributed by atoms with van der Waals surface area (Å²) in [6.45, 7) is 2.05. The second-order valence-electron chi connectivity index (χ2n) is 4.56. The molecule has 0 aliphatic carbocycles. The number of halogens is 1. The Bertz CT molecular complexity index is 725. The van der Waals surface area contributed by atoms with E-state index in [2.05, 4.69) is 9.97 Å². The van der Waals surface area contributed by atoms with Crippen LogP contribution in [-0.4, -0.2) is 42.1 Å². The lowest BCUT2D eigenvalue weighted by Gasteiger charge is -2.09. The molecule has 0 fully saturated rings. The number of rotatable bonds is 5. The third kappa shape index (κ3) is 3.21. The fourth-order valence-corrected chi connectivity index (χ4v) is 2.58. The zero-order chi connectivity index (χ0) is 14.9. The molecular weight excluding hydrogens is 302 g/mol. The molecule has 0 saturated heterocycles. The van der Waals surface area contributed by atoms with Gasteiger partial charge in [0.2, 0.25) is 5.88 Å². The number of aromatic nitrogens is 3. The SMILES string of the molecule is COc1ccc2nc(C(C)Cl)n(CCS(C)(=O)=O)c2n1. The van der Waals surface area contributed by atoms with E-state index in [4.69, 9.17) is 16.3 Å². The van der Waals surface area contributed by atoms with Crippen molar-refractivity contribution < 1.29 is 13.2 Å². The van der Waals surface area contributed by atoms with E-state index in [9.17, 15) is 8.42 Å². The van der Waals surface area contributed by atoms with Crippen LogP contribution in [0.15, 0.2) is 12.1 Å². The minimum Gasteiger partial charge on any atom is -0.481 e. The number of methoxy groups -OCH3 is 1. The maximum atomic E-state index is 11.4. The predicted molar refractivity (Wildman–Crippen MR) is 78.1 cm³/mol. The number of nitrogens with zero attached hydrogens (tertiary/aromatic N) is 3. The van der Waals surface area contributed by atoms with Crippen LogP contribution in [0.5, 0.6) is 5.88 Å². The van der Waals surface area contributed by atoms with E-state index in [1.165, 1.54) is 13.4 Å². The molecule has 2 rings (SSSR count). The molecular formula is C12H16ClN3O3S. The Hall–Kier alpha value is -1.34. The van der Waals surface area contributed by atoms with E-state index in [-0.39, 0.29) is 17.7 Å². The molecule has 110 valence electrons. The van der Waals surface area contributed by atoms with Crippen molar-refractivity contribution in [2.24, 2.45) is 0 Å². The molecule has 0 spiro atoms. The van der Waals surface area contributed by atoms with Crippen molar-refractivity contribution >= 4 is 32.6 Å². The Balaban J connectivity index is 2.54. The highest BCUT2D eigenvalue weighted by Gasteiger charge is 2.17. The summed E-state index contributed by atoms with van der Waals surface area (Å²) in [5.41, 5.74) is 1.25. The number of fused-ring (bicyclic) bond motifs is 1. The van der Waals surface area contributed by atoms with Crippen LogP contribution in [0.2, 0.25) is 0 Å². The number of ether oxygens (including phenoxy) is 1. The normalized spacial score (nSPS) is 13.6. The number of hydrogen-bond donors (Lipinski definition) is 0. The molecule has 8 heteroatoms. The monoisotopic (exact) mass is 317 g/mol. The molecule has 0 N–H and O–H groups in total. The summed E-state index contributed by atoms with van der Waals surface area (Å²) in [4.78, 5) is 8.73. The molecule has 2 heterocycles. The maximum Gasteiger partial charge on any atom is 0.215 e. The number of sulfone groups is 1. The summed E-state index contributed by atoms with van der Waals surface area (Å²) in [5.74, 6) is 1.06. The highest BCUT2D eigenvalue weighted by molar-refractivity contribution is 7.90. The molecule has 0 aliphatic rings. The van der Waals surface area contributed by atoms with Gasteiger partial charge >= 0.3 is 0 Å². The first-order valence-electron chi connectivity index (χ1n) is 6.05. The zero-order valence-electron chi connectivity index (χ0n) is 11.5. The maximum absolute atomic E-state index is 11.4.